The number of amides is 1. The van der Waals surface area contributed by atoms with E-state index < -0.39 is 35.4 Å². The maximum atomic E-state index is 13.2. The van der Waals surface area contributed by atoms with E-state index in [0.717, 1.165) is 17.2 Å². The molecule has 9 nitrogen and oxygen atoms in total. The van der Waals surface area contributed by atoms with Gasteiger partial charge in [0.25, 0.3) is 0 Å². The number of carbonyl (C=O) groups is 2. The maximum absolute atomic E-state index is 13.2. The first kappa shape index (κ1) is 29.1. The molecule has 0 aliphatic heterocycles. The summed E-state index contributed by atoms with van der Waals surface area (Å²) in [7, 11) is 0.497. The number of hydrogen-bond acceptors (Lipinski definition) is 8. The van der Waals surface area contributed by atoms with Crippen LogP contribution in [0.4, 0.5) is 0 Å². The molecule has 200 valence electrons. The predicted molar refractivity (Wildman–Crippen MR) is 147 cm³/mol. The molecule has 0 bridgehead atoms. The molecule has 0 spiro atoms. The Morgan fingerprint density at radius 1 is 1.00 bits per heavy atom. The summed E-state index contributed by atoms with van der Waals surface area (Å²) >= 11 is 0. The zero-order valence-electron chi connectivity index (χ0n) is 22.1. The molecule has 1 N–H and O–H groups in total. The van der Waals surface area contributed by atoms with Crippen LogP contribution in [0.1, 0.15) is 42.3 Å². The number of esters is 1. The van der Waals surface area contributed by atoms with Crippen molar-refractivity contribution < 1.29 is 24.1 Å². The third-order valence-electron chi connectivity index (χ3n) is 5.45. The number of carbonyl (C=O) groups excluding carboxylic acids is 2. The first-order chi connectivity index (χ1) is 18.6. The van der Waals surface area contributed by atoms with E-state index in [2.05, 4.69) is 20.3 Å². The number of benzene rings is 2. The average molecular weight is 525 g/mol. The van der Waals surface area contributed by atoms with Crippen LogP contribution in [0, 0.1) is 0 Å². The number of aromatic nitrogens is 1. The van der Waals surface area contributed by atoms with Gasteiger partial charge < -0.3 is 0 Å². The molecule has 3 aromatic rings. The van der Waals surface area contributed by atoms with Crippen LogP contribution >= 0.6 is 0 Å². The number of pyridine rings is 1. The Hall–Kier alpha value is -4.47. The molecule has 0 radical (unpaired) electrons. The molecule has 0 aliphatic rings. The van der Waals surface area contributed by atoms with E-state index >= 15 is 0 Å². The zero-order valence-corrected chi connectivity index (χ0v) is 22.1. The molecular weight excluding hydrogens is 495 g/mol. The fourth-order valence-electron chi connectivity index (χ4n) is 3.64. The van der Waals surface area contributed by atoms with Crippen molar-refractivity contribution >= 4 is 31.0 Å². The second-order valence-corrected chi connectivity index (χ2v) is 9.80. The van der Waals surface area contributed by atoms with E-state index in [1.54, 1.807) is 93.8 Å². The molecule has 1 heterocycles. The molecular formula is C29H30BN4O5-. The normalized spacial score (nSPS) is 13.4. The first-order valence-electron chi connectivity index (χ1n) is 12.4. The van der Waals surface area contributed by atoms with Crippen LogP contribution in [-0.4, -0.2) is 53.6 Å². The van der Waals surface area contributed by atoms with Crippen LogP contribution in [0.2, 0.25) is 0 Å². The molecule has 3 rings (SSSR count). The van der Waals surface area contributed by atoms with Crippen molar-refractivity contribution in [3.05, 3.63) is 95.8 Å². The topological polar surface area (TPSA) is 133 Å². The third kappa shape index (κ3) is 9.73. The van der Waals surface area contributed by atoms with Gasteiger partial charge in [-0.1, -0.05) is 18.2 Å². The van der Waals surface area contributed by atoms with E-state index in [9.17, 15) is 19.4 Å². The van der Waals surface area contributed by atoms with Crippen molar-refractivity contribution in [1.82, 2.24) is 10.3 Å². The zero-order chi connectivity index (χ0) is 28.3. The molecule has 39 heavy (non-hydrogen) atoms. The summed E-state index contributed by atoms with van der Waals surface area (Å²) in [6.45, 7) is 5.38. The van der Waals surface area contributed by atoms with Crippen molar-refractivity contribution in [1.29, 1.82) is 0 Å². The van der Waals surface area contributed by atoms with Gasteiger partial charge in [0.05, 0.1) is 5.56 Å². The van der Waals surface area contributed by atoms with E-state index in [0.29, 0.717) is 18.5 Å². The molecule has 2 aromatic carbocycles. The van der Waals surface area contributed by atoms with Crippen LogP contribution in [0.5, 0.6) is 5.75 Å². The van der Waals surface area contributed by atoms with Gasteiger partial charge in [-0.05, 0) is 12.1 Å². The SMILES string of the molecule is CC(C)(C)N=C([O-])[C@H](Cc1ccc(OC(=O)c2ccccc2)cc1)NC(=O)[C@H](Cc1ccncc1)N=CB=O. The van der Waals surface area contributed by atoms with Gasteiger partial charge >= 0.3 is 188 Å². The Labute approximate surface area is 228 Å². The monoisotopic (exact) mass is 525 g/mol. The number of nitrogens with one attached hydrogen (secondary N) is 1. The van der Waals surface area contributed by atoms with Gasteiger partial charge in [0.1, 0.15) is 0 Å². The Morgan fingerprint density at radius 3 is 2.26 bits per heavy atom. The fourth-order valence-corrected chi connectivity index (χ4v) is 3.64. The van der Waals surface area contributed by atoms with Crippen LogP contribution in [0.15, 0.2) is 89.1 Å². The van der Waals surface area contributed by atoms with Crippen LogP contribution in [-0.2, 0) is 22.3 Å². The predicted octanol–water partition coefficient (Wildman–Crippen LogP) is 2.57. The number of nitrogens with zero attached hydrogens (tertiary/aromatic N) is 3. The van der Waals surface area contributed by atoms with Crippen molar-refractivity contribution in [2.24, 2.45) is 9.98 Å². The Kier molecular flexibility index (Phi) is 10.4. The fraction of sp³-hybridized carbons (Fsp3) is 0.276. The Bertz CT molecular complexity index is 1310. The van der Waals surface area contributed by atoms with Crippen molar-refractivity contribution in [3.63, 3.8) is 0 Å². The van der Waals surface area contributed by atoms with Crippen molar-refractivity contribution in [2.45, 2.75) is 51.2 Å². The van der Waals surface area contributed by atoms with Gasteiger partial charge in [-0.2, -0.15) is 0 Å². The standard InChI is InChI=1S/C29H31BN4O5/c1-29(2,3)34-27(36)25(33-26(35)24(32-19-30-38)17-21-13-15-31-16-14-21)18-20-9-11-23(12-10-20)39-28(37)22-7-5-4-6-8-22/h4-16,19,24-25H,17-18H2,1-3H3,(H,33,35)(H,34,36)/p-1/t24-,25-/m0/s1. The number of aliphatic imine (C=N–C) groups is 2. The quantitative estimate of drug-likeness (QED) is 0.135. The number of hydrogen-bond donors (Lipinski definition) is 1. The molecule has 0 saturated carbocycles. The van der Waals surface area contributed by atoms with E-state index in [1.165, 1.54) is 0 Å². The van der Waals surface area contributed by atoms with Crippen molar-refractivity contribution in [3.8, 4) is 5.75 Å². The average Bonchev–Trinajstić information content (AvgIpc) is 2.91. The molecule has 0 fully saturated rings. The molecule has 0 aliphatic carbocycles. The summed E-state index contributed by atoms with van der Waals surface area (Å²) in [5.74, 6) is -1.14. The molecule has 2 atom stereocenters. The third-order valence-corrected chi connectivity index (χ3v) is 5.45. The van der Waals surface area contributed by atoms with E-state index in [-0.39, 0.29) is 12.8 Å². The van der Waals surface area contributed by atoms with E-state index in [4.69, 9.17) is 4.74 Å². The molecule has 0 unspecified atom stereocenters. The molecule has 1 amide bonds. The summed E-state index contributed by atoms with van der Waals surface area (Å²) < 4.78 is 16.3. The van der Waals surface area contributed by atoms with Crippen LogP contribution in [0.25, 0.3) is 0 Å². The van der Waals surface area contributed by atoms with Crippen LogP contribution < -0.4 is 15.2 Å². The first-order valence-corrected chi connectivity index (χ1v) is 12.4. The summed E-state index contributed by atoms with van der Waals surface area (Å²) in [6, 6.07) is 16.9. The summed E-state index contributed by atoms with van der Waals surface area (Å²) in [4.78, 5) is 37.8. The Balaban J connectivity index is 1.77. The molecule has 1 aromatic heterocycles. The number of rotatable bonds is 11. The molecule has 0 saturated heterocycles. The van der Waals surface area contributed by atoms with Crippen LogP contribution in [0.3, 0.4) is 0 Å². The summed E-state index contributed by atoms with van der Waals surface area (Å²) in [6.07, 6.45) is 4.59. The van der Waals surface area contributed by atoms with Gasteiger partial charge in [0.15, 0.2) is 0 Å². The van der Waals surface area contributed by atoms with Gasteiger partial charge in [-0.3, -0.25) is 0 Å². The van der Waals surface area contributed by atoms with E-state index in [1.807, 2.05) is 6.07 Å². The second-order valence-electron chi connectivity index (χ2n) is 9.80. The summed E-state index contributed by atoms with van der Waals surface area (Å²) in [5, 5.41) is 15.9. The second kappa shape index (κ2) is 13.9. The Morgan fingerprint density at radius 2 is 1.64 bits per heavy atom. The van der Waals surface area contributed by atoms with Gasteiger partial charge in [0.2, 0.25) is 0 Å². The van der Waals surface area contributed by atoms with Gasteiger partial charge in [0, 0.05) is 0 Å². The van der Waals surface area contributed by atoms with Crippen molar-refractivity contribution in [2.75, 3.05) is 0 Å². The van der Waals surface area contributed by atoms with Gasteiger partial charge in [-0.25, -0.2) is 4.79 Å². The summed E-state index contributed by atoms with van der Waals surface area (Å²) in [5.41, 5.74) is 1.30. The molecule has 10 heteroatoms. The minimum atomic E-state index is -0.971. The minimum absolute atomic E-state index is 0.149. The number of ether oxygens (including phenoxy) is 1. The van der Waals surface area contributed by atoms with Gasteiger partial charge in [-0.15, -0.1) is 0 Å².